The second kappa shape index (κ2) is 7.26. The Morgan fingerprint density at radius 2 is 2.04 bits per heavy atom. The standard InChI is InChI=1S/C15H15N3O3S2/c1-2-8-23(20,21)18-13-5-3-4-12(9-13)17-15(19)14-11(10-16)6-7-22-14/h3-7,9,18H,2,8H2,1H3,(H,17,19). The van der Waals surface area contributed by atoms with Crippen LogP contribution >= 0.6 is 11.3 Å². The van der Waals surface area contributed by atoms with Crippen molar-refractivity contribution < 1.29 is 13.2 Å². The van der Waals surface area contributed by atoms with Crippen LogP contribution in [-0.4, -0.2) is 20.1 Å². The van der Waals surface area contributed by atoms with E-state index in [4.69, 9.17) is 5.26 Å². The van der Waals surface area contributed by atoms with E-state index in [0.717, 1.165) is 0 Å². The maximum Gasteiger partial charge on any atom is 0.267 e. The molecule has 0 unspecified atom stereocenters. The largest absolute Gasteiger partial charge is 0.321 e. The Balaban J connectivity index is 2.15. The summed E-state index contributed by atoms with van der Waals surface area (Å²) in [4.78, 5) is 12.5. The fourth-order valence-corrected chi connectivity index (χ4v) is 3.79. The number of nitrogens with zero attached hydrogens (tertiary/aromatic N) is 1. The van der Waals surface area contributed by atoms with Crippen LogP contribution in [0.5, 0.6) is 0 Å². The predicted molar refractivity (Wildman–Crippen MR) is 91.1 cm³/mol. The highest BCUT2D eigenvalue weighted by molar-refractivity contribution is 7.92. The highest BCUT2D eigenvalue weighted by Gasteiger charge is 2.14. The van der Waals surface area contributed by atoms with Gasteiger partial charge in [-0.2, -0.15) is 5.26 Å². The second-order valence-electron chi connectivity index (χ2n) is 4.73. The molecule has 1 aromatic carbocycles. The molecule has 0 fully saturated rings. The second-order valence-corrected chi connectivity index (χ2v) is 7.49. The Labute approximate surface area is 138 Å². The van der Waals surface area contributed by atoms with E-state index in [-0.39, 0.29) is 5.75 Å². The minimum atomic E-state index is -3.39. The summed E-state index contributed by atoms with van der Waals surface area (Å²) in [5.74, 6) is -0.366. The van der Waals surface area contributed by atoms with Crippen LogP contribution in [0.15, 0.2) is 35.7 Å². The Bertz CT molecular complexity index is 851. The summed E-state index contributed by atoms with van der Waals surface area (Å²) in [5, 5.41) is 13.3. The third-order valence-corrected chi connectivity index (χ3v) is 5.26. The molecule has 1 amide bonds. The van der Waals surface area contributed by atoms with Crippen molar-refractivity contribution in [2.45, 2.75) is 13.3 Å². The topological polar surface area (TPSA) is 99.1 Å². The van der Waals surface area contributed by atoms with Gasteiger partial charge in [0.05, 0.1) is 17.0 Å². The van der Waals surface area contributed by atoms with Crippen LogP contribution in [0.4, 0.5) is 11.4 Å². The quantitative estimate of drug-likeness (QED) is 0.837. The van der Waals surface area contributed by atoms with E-state index in [1.165, 1.54) is 17.4 Å². The van der Waals surface area contributed by atoms with Crippen LogP contribution in [-0.2, 0) is 10.0 Å². The average molecular weight is 349 g/mol. The van der Waals surface area contributed by atoms with Crippen molar-refractivity contribution in [1.29, 1.82) is 5.26 Å². The molecule has 0 aliphatic carbocycles. The van der Waals surface area contributed by atoms with Gasteiger partial charge in [-0.3, -0.25) is 9.52 Å². The van der Waals surface area contributed by atoms with E-state index in [1.54, 1.807) is 36.6 Å². The highest BCUT2D eigenvalue weighted by atomic mass is 32.2. The first kappa shape index (κ1) is 17.0. The summed E-state index contributed by atoms with van der Waals surface area (Å²) >= 11 is 1.18. The number of benzene rings is 1. The van der Waals surface area contributed by atoms with Gasteiger partial charge in [0.25, 0.3) is 5.91 Å². The van der Waals surface area contributed by atoms with Crippen LogP contribution in [0.1, 0.15) is 28.6 Å². The van der Waals surface area contributed by atoms with E-state index in [9.17, 15) is 13.2 Å². The molecule has 0 radical (unpaired) electrons. The van der Waals surface area contributed by atoms with Gasteiger partial charge in [-0.25, -0.2) is 8.42 Å². The summed E-state index contributed by atoms with van der Waals surface area (Å²) in [6, 6.07) is 9.96. The molecule has 0 aliphatic heterocycles. The Hall–Kier alpha value is -2.37. The first-order valence-electron chi connectivity index (χ1n) is 6.84. The van der Waals surface area contributed by atoms with E-state index >= 15 is 0 Å². The average Bonchev–Trinajstić information content (AvgIpc) is 2.95. The van der Waals surface area contributed by atoms with Gasteiger partial charge in [-0.15, -0.1) is 11.3 Å². The molecule has 120 valence electrons. The van der Waals surface area contributed by atoms with E-state index in [2.05, 4.69) is 10.0 Å². The van der Waals surface area contributed by atoms with Gasteiger partial charge < -0.3 is 5.32 Å². The number of amides is 1. The van der Waals surface area contributed by atoms with Gasteiger partial charge in [0.15, 0.2) is 0 Å². The minimum Gasteiger partial charge on any atom is -0.321 e. The third-order valence-electron chi connectivity index (χ3n) is 2.86. The molecule has 2 aromatic rings. The van der Waals surface area contributed by atoms with Gasteiger partial charge in [0, 0.05) is 5.69 Å². The van der Waals surface area contributed by atoms with Crippen molar-refractivity contribution in [2.24, 2.45) is 0 Å². The lowest BCUT2D eigenvalue weighted by atomic mass is 10.2. The summed E-state index contributed by atoms with van der Waals surface area (Å²) in [6.07, 6.45) is 0.515. The Kier molecular flexibility index (Phi) is 5.36. The number of hydrogen-bond donors (Lipinski definition) is 2. The minimum absolute atomic E-state index is 0.0321. The van der Waals surface area contributed by atoms with Crippen LogP contribution in [0.25, 0.3) is 0 Å². The lowest BCUT2D eigenvalue weighted by Crippen LogP contribution is -2.16. The number of sulfonamides is 1. The number of hydrogen-bond acceptors (Lipinski definition) is 5. The van der Waals surface area contributed by atoms with Crippen molar-refractivity contribution in [2.75, 3.05) is 15.8 Å². The number of nitrogens with one attached hydrogen (secondary N) is 2. The molecule has 2 N–H and O–H groups in total. The Morgan fingerprint density at radius 3 is 2.74 bits per heavy atom. The molecule has 0 saturated heterocycles. The zero-order chi connectivity index (χ0) is 16.9. The lowest BCUT2D eigenvalue weighted by Gasteiger charge is -2.09. The predicted octanol–water partition coefficient (Wildman–Crippen LogP) is 3.02. The summed E-state index contributed by atoms with van der Waals surface area (Å²) in [6.45, 7) is 1.78. The maximum atomic E-state index is 12.2. The fraction of sp³-hybridized carbons (Fsp3) is 0.200. The van der Waals surface area contributed by atoms with Gasteiger partial charge in [0.1, 0.15) is 10.9 Å². The van der Waals surface area contributed by atoms with Gasteiger partial charge in [-0.05, 0) is 36.1 Å². The molecule has 1 heterocycles. The normalized spacial score (nSPS) is 10.8. The molecule has 0 atom stereocenters. The van der Waals surface area contributed by atoms with Gasteiger partial charge in [-0.1, -0.05) is 13.0 Å². The molecular formula is C15H15N3O3S2. The van der Waals surface area contributed by atoms with E-state index in [0.29, 0.717) is 28.2 Å². The Morgan fingerprint density at radius 1 is 1.30 bits per heavy atom. The first-order chi connectivity index (χ1) is 10.9. The van der Waals surface area contributed by atoms with Crippen molar-refractivity contribution in [1.82, 2.24) is 0 Å². The molecule has 6 nitrogen and oxygen atoms in total. The zero-order valence-corrected chi connectivity index (χ0v) is 14.0. The molecule has 8 heteroatoms. The third kappa shape index (κ3) is 4.55. The van der Waals surface area contributed by atoms with Crippen LogP contribution in [0, 0.1) is 11.3 Å². The molecule has 23 heavy (non-hydrogen) atoms. The smallest absolute Gasteiger partial charge is 0.267 e. The molecule has 1 aromatic heterocycles. The fourth-order valence-electron chi connectivity index (χ4n) is 1.92. The zero-order valence-electron chi connectivity index (χ0n) is 12.4. The monoisotopic (exact) mass is 349 g/mol. The van der Waals surface area contributed by atoms with E-state index < -0.39 is 15.9 Å². The van der Waals surface area contributed by atoms with Crippen molar-refractivity contribution in [3.05, 3.63) is 46.2 Å². The number of carbonyl (C=O) groups is 1. The number of anilines is 2. The van der Waals surface area contributed by atoms with Crippen LogP contribution < -0.4 is 10.0 Å². The number of rotatable bonds is 6. The molecule has 0 spiro atoms. The van der Waals surface area contributed by atoms with Crippen LogP contribution in [0.2, 0.25) is 0 Å². The van der Waals surface area contributed by atoms with Crippen molar-refractivity contribution in [3.8, 4) is 6.07 Å². The van der Waals surface area contributed by atoms with Crippen molar-refractivity contribution in [3.63, 3.8) is 0 Å². The highest BCUT2D eigenvalue weighted by Crippen LogP contribution is 2.20. The van der Waals surface area contributed by atoms with Crippen molar-refractivity contribution >= 4 is 38.6 Å². The summed E-state index contributed by atoms with van der Waals surface area (Å²) < 4.78 is 26.0. The SMILES string of the molecule is CCCS(=O)(=O)Nc1cccc(NC(=O)c2sccc2C#N)c1. The summed E-state index contributed by atoms with van der Waals surface area (Å²) in [5.41, 5.74) is 1.14. The van der Waals surface area contributed by atoms with E-state index in [1.807, 2.05) is 6.07 Å². The number of nitriles is 1. The molecule has 0 aliphatic rings. The molecular weight excluding hydrogens is 334 g/mol. The van der Waals surface area contributed by atoms with Crippen LogP contribution in [0.3, 0.4) is 0 Å². The lowest BCUT2D eigenvalue weighted by molar-refractivity contribution is 0.103. The number of thiophene rings is 1. The molecule has 2 rings (SSSR count). The first-order valence-corrected chi connectivity index (χ1v) is 9.38. The maximum absolute atomic E-state index is 12.2. The van der Waals surface area contributed by atoms with Gasteiger partial charge >= 0.3 is 0 Å². The van der Waals surface area contributed by atoms with Gasteiger partial charge in [0.2, 0.25) is 10.0 Å². The number of carbonyl (C=O) groups excluding carboxylic acids is 1. The summed E-state index contributed by atoms with van der Waals surface area (Å²) in [7, 11) is -3.39. The molecule has 0 saturated carbocycles. The molecule has 0 bridgehead atoms.